The Kier molecular flexibility index (Phi) is 13.7. The molecule has 3 N–H and O–H groups in total. The number of rotatable bonds is 7. The summed E-state index contributed by atoms with van der Waals surface area (Å²) in [6.07, 6.45) is -2.06. The van der Waals surface area contributed by atoms with Gasteiger partial charge in [0.15, 0.2) is 12.1 Å². The summed E-state index contributed by atoms with van der Waals surface area (Å²) in [5.74, 6) is -4.23. The molecule has 2 fully saturated rings. The molecule has 2 aliphatic rings. The first kappa shape index (κ1) is 39.9. The van der Waals surface area contributed by atoms with E-state index in [9.17, 15) is 24.9 Å². The first-order valence-corrected chi connectivity index (χ1v) is 16.9. The predicted molar refractivity (Wildman–Crippen MR) is 180 cm³/mol. The highest BCUT2D eigenvalue weighted by Gasteiger charge is 2.51. The number of likely N-dealkylation sites (N-methyl/N-ethyl adjacent to an activating group) is 1. The van der Waals surface area contributed by atoms with Gasteiger partial charge in [-0.05, 0) is 79.1 Å². The number of hydrogen-bond donors (Lipinski definition) is 3. The maximum Gasteiger partial charge on any atom is 0.316 e. The number of ketones is 1. The molecule has 0 aliphatic carbocycles. The third kappa shape index (κ3) is 8.79. The van der Waals surface area contributed by atoms with Crippen LogP contribution in [0.2, 0.25) is 0 Å². The fourth-order valence-corrected chi connectivity index (χ4v) is 7.15. The molecule has 272 valence electrons. The van der Waals surface area contributed by atoms with Gasteiger partial charge in [-0.25, -0.2) is 0 Å². The molecule has 48 heavy (non-hydrogen) atoms. The van der Waals surface area contributed by atoms with Crippen molar-refractivity contribution in [3.63, 3.8) is 0 Å². The zero-order chi connectivity index (χ0) is 36.1. The van der Waals surface area contributed by atoms with E-state index >= 15 is 0 Å². The van der Waals surface area contributed by atoms with Crippen molar-refractivity contribution in [3.05, 3.63) is 24.2 Å². The second-order valence-electron chi connectivity index (χ2n) is 14.2. The first-order chi connectivity index (χ1) is 22.4. The maximum absolute atomic E-state index is 14.1. The number of cyclic esters (lactones) is 1. The number of hydrogen-bond acceptors (Lipinski definition) is 13. The van der Waals surface area contributed by atoms with Crippen LogP contribution in [-0.2, 0) is 28.5 Å². The summed E-state index contributed by atoms with van der Waals surface area (Å²) in [5, 5.41) is 43.4. The molecule has 13 nitrogen and oxygen atoms in total. The van der Waals surface area contributed by atoms with Gasteiger partial charge in [-0.15, -0.1) is 0 Å². The Labute approximate surface area is 284 Å². The van der Waals surface area contributed by atoms with E-state index in [0.717, 1.165) is 0 Å². The molecule has 0 aromatic carbocycles. The molecular weight excluding hydrogens is 622 g/mol. The molecule has 0 saturated carbocycles. The standard InChI is InChI=1S/C35H57N3O10/c1-12-26-35(8,43)30(41)21(4)27(37-36-18-24-14-13-15-45-24)19(2)17-34(7,44-11)31(22(5)28(39)23(6)32(42)47-26)48-33-29(40)25(38(9)10)16-20(3)46-33/h13-15,18-23,25-26,29-31,33,40-41,43H,12,16-17H2,1-11H3/b36-18-,37-27+/t19-,20?,21+,22+,23-,25?,26-,29?,30-,31-,33?,34-,35-/m1/s1. The van der Waals surface area contributed by atoms with Crippen molar-refractivity contribution in [2.45, 2.75) is 129 Å². The van der Waals surface area contributed by atoms with Gasteiger partial charge in [0, 0.05) is 30.7 Å². The number of carbonyl (C=O) groups excluding carboxylic acids is 2. The van der Waals surface area contributed by atoms with E-state index in [1.807, 2.05) is 32.8 Å². The third-order valence-corrected chi connectivity index (χ3v) is 10.2. The van der Waals surface area contributed by atoms with Crippen molar-refractivity contribution >= 4 is 23.7 Å². The second-order valence-corrected chi connectivity index (χ2v) is 14.2. The van der Waals surface area contributed by atoms with Crippen molar-refractivity contribution in [1.29, 1.82) is 0 Å². The van der Waals surface area contributed by atoms with E-state index in [1.54, 1.807) is 39.8 Å². The molecule has 0 amide bonds. The molecule has 0 spiro atoms. The topological polar surface area (TPSA) is 173 Å². The van der Waals surface area contributed by atoms with Crippen LogP contribution in [0, 0.1) is 23.7 Å². The summed E-state index contributed by atoms with van der Waals surface area (Å²) in [7, 11) is 5.25. The second kappa shape index (κ2) is 16.5. The lowest BCUT2D eigenvalue weighted by molar-refractivity contribution is -0.295. The monoisotopic (exact) mass is 679 g/mol. The van der Waals surface area contributed by atoms with Gasteiger partial charge >= 0.3 is 5.97 Å². The van der Waals surface area contributed by atoms with Gasteiger partial charge in [-0.2, -0.15) is 10.2 Å². The first-order valence-electron chi connectivity index (χ1n) is 16.9. The van der Waals surface area contributed by atoms with E-state index < -0.39 is 77.3 Å². The number of methoxy groups -OCH3 is 1. The lowest BCUT2D eigenvalue weighted by Gasteiger charge is -2.47. The van der Waals surface area contributed by atoms with Crippen molar-refractivity contribution in [2.75, 3.05) is 21.2 Å². The summed E-state index contributed by atoms with van der Waals surface area (Å²) in [4.78, 5) is 29.4. The number of furan rings is 1. The van der Waals surface area contributed by atoms with E-state index in [1.165, 1.54) is 33.4 Å². The molecule has 3 heterocycles. The Morgan fingerprint density at radius 2 is 1.77 bits per heavy atom. The maximum atomic E-state index is 14.1. The number of ether oxygens (including phenoxy) is 4. The minimum absolute atomic E-state index is 0.174. The van der Waals surface area contributed by atoms with Gasteiger partial charge < -0.3 is 43.6 Å². The zero-order valence-electron chi connectivity index (χ0n) is 30.3. The minimum Gasteiger partial charge on any atom is -0.463 e. The molecule has 2 aliphatic heterocycles. The Hall–Kier alpha value is -2.52. The van der Waals surface area contributed by atoms with Crippen LogP contribution in [0.3, 0.4) is 0 Å². The quantitative estimate of drug-likeness (QED) is 0.167. The number of esters is 1. The number of Topliss-reactive ketones (excluding diaryl/α,β-unsaturated/α-hetero) is 1. The van der Waals surface area contributed by atoms with Crippen LogP contribution in [0.5, 0.6) is 0 Å². The fraction of sp³-hybridized carbons (Fsp3) is 0.771. The van der Waals surface area contributed by atoms with Gasteiger partial charge in [0.25, 0.3) is 0 Å². The summed E-state index contributed by atoms with van der Waals surface area (Å²) >= 11 is 0. The SMILES string of the molecule is CC[C@H]1OC(=O)[C@H](C)C(=O)[C@H](C)[C@@H](OC2OC(C)CC(N(C)C)C2O)[C@](C)(OC)C[C@@H](C)/C(=N\N=C/c2ccco2)[C@H](C)[C@@H](O)[C@]1(C)O. The Balaban J connectivity index is 2.17. The molecule has 0 bridgehead atoms. The predicted octanol–water partition coefficient (Wildman–Crippen LogP) is 3.22. The summed E-state index contributed by atoms with van der Waals surface area (Å²) in [6.45, 7) is 13.5. The fourth-order valence-electron chi connectivity index (χ4n) is 7.15. The molecule has 13 atom stereocenters. The average Bonchev–Trinajstić information content (AvgIpc) is 3.56. The van der Waals surface area contributed by atoms with Crippen molar-refractivity contribution in [3.8, 4) is 0 Å². The largest absolute Gasteiger partial charge is 0.463 e. The van der Waals surface area contributed by atoms with Gasteiger partial charge in [0.05, 0.1) is 36.4 Å². The van der Waals surface area contributed by atoms with Gasteiger partial charge in [-0.1, -0.05) is 27.7 Å². The molecule has 4 unspecified atom stereocenters. The number of carbonyl (C=O) groups is 2. The molecule has 1 aromatic rings. The Morgan fingerprint density at radius 1 is 1.10 bits per heavy atom. The van der Waals surface area contributed by atoms with Crippen LogP contribution in [-0.4, -0.2) is 119 Å². The third-order valence-electron chi connectivity index (χ3n) is 10.2. The number of nitrogens with zero attached hydrogens (tertiary/aromatic N) is 3. The Bertz CT molecular complexity index is 1270. The van der Waals surface area contributed by atoms with Gasteiger partial charge in [-0.3, -0.25) is 9.59 Å². The van der Waals surface area contributed by atoms with E-state index in [4.69, 9.17) is 23.4 Å². The highest BCUT2D eigenvalue weighted by molar-refractivity contribution is 6.00. The van der Waals surface area contributed by atoms with E-state index in [-0.39, 0.29) is 25.0 Å². The zero-order valence-corrected chi connectivity index (χ0v) is 30.3. The lowest BCUT2D eigenvalue weighted by Crippen LogP contribution is -2.60. The number of aliphatic hydroxyl groups excluding tert-OH is 2. The molecule has 13 heteroatoms. The average molecular weight is 680 g/mol. The highest BCUT2D eigenvalue weighted by atomic mass is 16.7. The molecule has 0 radical (unpaired) electrons. The van der Waals surface area contributed by atoms with Crippen LogP contribution >= 0.6 is 0 Å². The molecule has 1 aromatic heterocycles. The van der Waals surface area contributed by atoms with Crippen LogP contribution in [0.25, 0.3) is 0 Å². The van der Waals surface area contributed by atoms with E-state index in [0.29, 0.717) is 17.9 Å². The van der Waals surface area contributed by atoms with Gasteiger partial charge in [0.2, 0.25) is 0 Å². The smallest absolute Gasteiger partial charge is 0.316 e. The summed E-state index contributed by atoms with van der Waals surface area (Å²) in [5.41, 5.74) is -2.70. The summed E-state index contributed by atoms with van der Waals surface area (Å²) in [6, 6.07) is 3.17. The van der Waals surface area contributed by atoms with Crippen molar-refractivity contribution in [2.24, 2.45) is 33.9 Å². The van der Waals surface area contributed by atoms with Crippen LogP contribution in [0.4, 0.5) is 0 Å². The lowest BCUT2D eigenvalue weighted by atomic mass is 9.74. The van der Waals surface area contributed by atoms with Crippen molar-refractivity contribution in [1.82, 2.24) is 4.90 Å². The van der Waals surface area contributed by atoms with Crippen LogP contribution < -0.4 is 0 Å². The molecule has 2 saturated heterocycles. The van der Waals surface area contributed by atoms with Crippen LogP contribution in [0.1, 0.15) is 80.4 Å². The molecule has 3 rings (SSSR count). The normalized spacial score (nSPS) is 41.9. The minimum atomic E-state index is -1.90. The Morgan fingerprint density at radius 3 is 2.33 bits per heavy atom. The molecular formula is C35H57N3O10. The van der Waals surface area contributed by atoms with Crippen molar-refractivity contribution < 1.29 is 48.3 Å². The van der Waals surface area contributed by atoms with Gasteiger partial charge in [0.1, 0.15) is 29.5 Å². The van der Waals surface area contributed by atoms with Crippen LogP contribution in [0.15, 0.2) is 33.0 Å². The summed E-state index contributed by atoms with van der Waals surface area (Å²) < 4.78 is 30.0. The van der Waals surface area contributed by atoms with E-state index in [2.05, 4.69) is 10.2 Å². The highest BCUT2D eigenvalue weighted by Crippen LogP contribution is 2.38. The number of aliphatic hydroxyl groups is 3.